The number of hydrogen-bond donors (Lipinski definition) is 0. The SMILES string of the molecule is O=C1CCCCC1C=Nc1ccc(Oc2ccccc2Cl)cc1. The number of carbonyl (C=O) groups is 1. The van der Waals surface area contributed by atoms with E-state index < -0.39 is 0 Å². The molecule has 3 nitrogen and oxygen atoms in total. The smallest absolute Gasteiger partial charge is 0.146 e. The highest BCUT2D eigenvalue weighted by atomic mass is 35.5. The number of aliphatic imine (C=N–C) groups is 1. The van der Waals surface area contributed by atoms with E-state index in [4.69, 9.17) is 16.3 Å². The molecule has 0 aromatic heterocycles. The van der Waals surface area contributed by atoms with Gasteiger partial charge in [-0.1, -0.05) is 30.2 Å². The number of carbonyl (C=O) groups excluding carboxylic acids is 1. The van der Waals surface area contributed by atoms with Gasteiger partial charge in [0.25, 0.3) is 0 Å². The molecule has 0 amide bonds. The predicted octanol–water partition coefficient (Wildman–Crippen LogP) is 5.59. The molecular weight excluding hydrogens is 310 g/mol. The fraction of sp³-hybridized carbons (Fsp3) is 0.263. The Kier molecular flexibility index (Phi) is 5.09. The van der Waals surface area contributed by atoms with Crippen LogP contribution in [-0.4, -0.2) is 12.0 Å². The molecule has 0 heterocycles. The fourth-order valence-electron chi connectivity index (χ4n) is 2.60. The van der Waals surface area contributed by atoms with Crippen LogP contribution in [0.3, 0.4) is 0 Å². The molecule has 0 bridgehead atoms. The zero-order valence-electron chi connectivity index (χ0n) is 12.7. The number of ketones is 1. The minimum absolute atomic E-state index is 0.0252. The largest absolute Gasteiger partial charge is 0.456 e. The highest BCUT2D eigenvalue weighted by Crippen LogP contribution is 2.30. The van der Waals surface area contributed by atoms with Crippen molar-refractivity contribution in [1.29, 1.82) is 0 Å². The van der Waals surface area contributed by atoms with Crippen molar-refractivity contribution in [3.8, 4) is 11.5 Å². The van der Waals surface area contributed by atoms with E-state index in [1.807, 2.05) is 42.5 Å². The summed E-state index contributed by atoms with van der Waals surface area (Å²) in [7, 11) is 0. The lowest BCUT2D eigenvalue weighted by Crippen LogP contribution is -2.19. The van der Waals surface area contributed by atoms with Gasteiger partial charge in [0.2, 0.25) is 0 Å². The molecule has 0 radical (unpaired) electrons. The lowest BCUT2D eigenvalue weighted by Gasteiger charge is -2.15. The predicted molar refractivity (Wildman–Crippen MR) is 93.1 cm³/mol. The Balaban J connectivity index is 1.65. The molecule has 1 saturated carbocycles. The summed E-state index contributed by atoms with van der Waals surface area (Å²) in [6.07, 6.45) is 5.49. The maximum absolute atomic E-state index is 11.8. The normalized spacial score (nSPS) is 18.3. The van der Waals surface area contributed by atoms with Gasteiger partial charge in [-0.3, -0.25) is 9.79 Å². The minimum Gasteiger partial charge on any atom is -0.456 e. The van der Waals surface area contributed by atoms with E-state index in [1.54, 1.807) is 12.3 Å². The molecule has 0 aliphatic heterocycles. The molecule has 2 aromatic rings. The van der Waals surface area contributed by atoms with Crippen LogP contribution >= 0.6 is 11.6 Å². The van der Waals surface area contributed by atoms with Gasteiger partial charge < -0.3 is 4.74 Å². The fourth-order valence-corrected chi connectivity index (χ4v) is 2.77. The van der Waals surface area contributed by atoms with Crippen LogP contribution in [0.25, 0.3) is 0 Å². The summed E-state index contributed by atoms with van der Waals surface area (Å²) < 4.78 is 5.74. The van der Waals surface area contributed by atoms with Crippen molar-refractivity contribution in [2.24, 2.45) is 10.9 Å². The monoisotopic (exact) mass is 327 g/mol. The Morgan fingerprint density at radius 1 is 1.09 bits per heavy atom. The summed E-state index contributed by atoms with van der Waals surface area (Å²) in [6.45, 7) is 0. The average Bonchev–Trinajstić information content (AvgIpc) is 2.57. The molecule has 4 heteroatoms. The third-order valence-corrected chi connectivity index (χ3v) is 4.22. The maximum Gasteiger partial charge on any atom is 0.146 e. The van der Waals surface area contributed by atoms with Gasteiger partial charge >= 0.3 is 0 Å². The zero-order valence-corrected chi connectivity index (χ0v) is 13.5. The molecule has 118 valence electrons. The first-order valence-corrected chi connectivity index (χ1v) is 8.19. The number of benzene rings is 2. The second-order valence-electron chi connectivity index (χ2n) is 5.62. The van der Waals surface area contributed by atoms with Crippen LogP contribution in [0.2, 0.25) is 5.02 Å². The first-order valence-electron chi connectivity index (χ1n) is 7.82. The van der Waals surface area contributed by atoms with E-state index >= 15 is 0 Å². The van der Waals surface area contributed by atoms with Crippen molar-refractivity contribution < 1.29 is 9.53 Å². The van der Waals surface area contributed by atoms with E-state index in [0.717, 1.165) is 24.9 Å². The molecule has 3 rings (SSSR count). The average molecular weight is 328 g/mol. The topological polar surface area (TPSA) is 38.7 Å². The van der Waals surface area contributed by atoms with Crippen molar-refractivity contribution in [1.82, 2.24) is 0 Å². The van der Waals surface area contributed by atoms with Gasteiger partial charge in [-0.25, -0.2) is 0 Å². The number of nitrogens with zero attached hydrogens (tertiary/aromatic N) is 1. The summed E-state index contributed by atoms with van der Waals surface area (Å²) in [5.41, 5.74) is 0.815. The van der Waals surface area contributed by atoms with Gasteiger partial charge in [-0.05, 0) is 49.2 Å². The molecule has 1 atom stereocenters. The highest BCUT2D eigenvalue weighted by molar-refractivity contribution is 6.32. The summed E-state index contributed by atoms with van der Waals surface area (Å²) in [4.78, 5) is 16.2. The van der Waals surface area contributed by atoms with E-state index in [1.165, 1.54) is 0 Å². The first-order chi connectivity index (χ1) is 11.2. The summed E-state index contributed by atoms with van der Waals surface area (Å²) in [5.74, 6) is 1.60. The number of halogens is 1. The standard InChI is InChI=1S/C19H18ClNO2/c20-17-6-2-4-8-19(17)23-16-11-9-15(10-12-16)21-13-14-5-1-3-7-18(14)22/h2,4,6,8-14H,1,3,5,7H2. The van der Waals surface area contributed by atoms with E-state index in [2.05, 4.69) is 4.99 Å². The van der Waals surface area contributed by atoms with Gasteiger partial charge in [0.1, 0.15) is 17.3 Å². The lowest BCUT2D eigenvalue weighted by atomic mass is 9.89. The van der Waals surface area contributed by atoms with Crippen LogP contribution in [-0.2, 0) is 4.79 Å². The molecule has 0 N–H and O–H groups in total. The first kappa shape index (κ1) is 15.8. The number of ether oxygens (including phenoxy) is 1. The highest BCUT2D eigenvalue weighted by Gasteiger charge is 2.19. The van der Waals surface area contributed by atoms with Crippen LogP contribution in [0.5, 0.6) is 11.5 Å². The van der Waals surface area contributed by atoms with Crippen molar-refractivity contribution in [2.45, 2.75) is 25.7 Å². The van der Waals surface area contributed by atoms with E-state index in [9.17, 15) is 4.79 Å². The molecule has 1 aliphatic carbocycles. The molecule has 0 spiro atoms. The quantitative estimate of drug-likeness (QED) is 0.686. The molecule has 1 unspecified atom stereocenters. The van der Waals surface area contributed by atoms with Gasteiger partial charge in [0.15, 0.2) is 0 Å². The number of rotatable bonds is 4. The molecule has 1 fully saturated rings. The van der Waals surface area contributed by atoms with Crippen molar-refractivity contribution >= 4 is 29.3 Å². The third kappa shape index (κ3) is 4.20. The maximum atomic E-state index is 11.8. The van der Waals surface area contributed by atoms with Crippen LogP contribution in [0.15, 0.2) is 53.5 Å². The Hall–Kier alpha value is -2.13. The Bertz CT molecular complexity index is 710. The molecule has 0 saturated heterocycles. The minimum atomic E-state index is -0.0252. The number of para-hydroxylation sites is 1. The Morgan fingerprint density at radius 2 is 1.87 bits per heavy atom. The second-order valence-corrected chi connectivity index (χ2v) is 6.03. The van der Waals surface area contributed by atoms with Crippen molar-refractivity contribution in [3.05, 3.63) is 53.6 Å². The molecule has 2 aromatic carbocycles. The second kappa shape index (κ2) is 7.42. The summed E-state index contributed by atoms with van der Waals surface area (Å²) in [6, 6.07) is 14.8. The molecular formula is C19H18ClNO2. The van der Waals surface area contributed by atoms with Crippen LogP contribution < -0.4 is 4.74 Å². The Labute approximate surface area is 141 Å². The van der Waals surface area contributed by atoms with Crippen LogP contribution in [0.4, 0.5) is 5.69 Å². The Morgan fingerprint density at radius 3 is 2.61 bits per heavy atom. The van der Waals surface area contributed by atoms with Crippen LogP contribution in [0, 0.1) is 5.92 Å². The van der Waals surface area contributed by atoms with Gasteiger partial charge in [-0.2, -0.15) is 0 Å². The van der Waals surface area contributed by atoms with Crippen molar-refractivity contribution in [3.63, 3.8) is 0 Å². The zero-order chi connectivity index (χ0) is 16.1. The summed E-state index contributed by atoms with van der Waals surface area (Å²) >= 11 is 6.07. The van der Waals surface area contributed by atoms with Crippen molar-refractivity contribution in [2.75, 3.05) is 0 Å². The number of Topliss-reactive ketones (excluding diaryl/α,β-unsaturated/α-hetero) is 1. The van der Waals surface area contributed by atoms with Crippen LogP contribution in [0.1, 0.15) is 25.7 Å². The van der Waals surface area contributed by atoms with Gasteiger partial charge in [0, 0.05) is 12.6 Å². The lowest BCUT2D eigenvalue weighted by molar-refractivity contribution is -0.122. The van der Waals surface area contributed by atoms with E-state index in [-0.39, 0.29) is 5.92 Å². The summed E-state index contributed by atoms with van der Waals surface area (Å²) in [5, 5.41) is 0.574. The van der Waals surface area contributed by atoms with E-state index in [0.29, 0.717) is 28.7 Å². The van der Waals surface area contributed by atoms with Gasteiger partial charge in [0.05, 0.1) is 16.6 Å². The van der Waals surface area contributed by atoms with Gasteiger partial charge in [-0.15, -0.1) is 0 Å². The molecule has 23 heavy (non-hydrogen) atoms. The number of hydrogen-bond acceptors (Lipinski definition) is 3. The molecule has 1 aliphatic rings. The third-order valence-electron chi connectivity index (χ3n) is 3.91.